The lowest BCUT2D eigenvalue weighted by atomic mass is 9.93. The Kier molecular flexibility index (Phi) is 7.85. The summed E-state index contributed by atoms with van der Waals surface area (Å²) in [5.74, 6) is 0.602. The third kappa shape index (κ3) is 5.05. The molecule has 4 aromatic rings. The van der Waals surface area contributed by atoms with Crippen LogP contribution >= 0.6 is 11.3 Å². The van der Waals surface area contributed by atoms with E-state index in [9.17, 15) is 9.59 Å². The van der Waals surface area contributed by atoms with Gasteiger partial charge < -0.3 is 9.47 Å². The Morgan fingerprint density at radius 1 is 1.07 bits per heavy atom. The van der Waals surface area contributed by atoms with Crippen LogP contribution in [0.2, 0.25) is 0 Å². The minimum atomic E-state index is -0.683. The molecule has 0 radical (unpaired) electrons. The van der Waals surface area contributed by atoms with E-state index in [1.807, 2.05) is 79.7 Å². The van der Waals surface area contributed by atoms with Crippen LogP contribution in [0.3, 0.4) is 0 Å². The Balaban J connectivity index is 1.81. The first-order valence-electron chi connectivity index (χ1n) is 13.4. The van der Waals surface area contributed by atoms with Gasteiger partial charge in [0.25, 0.3) is 5.56 Å². The molecular weight excluding hydrogens is 520 g/mol. The molecule has 1 aliphatic rings. The molecule has 1 aliphatic heterocycles. The predicted molar refractivity (Wildman–Crippen MR) is 159 cm³/mol. The van der Waals surface area contributed by atoms with Gasteiger partial charge in [-0.2, -0.15) is 0 Å². The molecular formula is C33H32N2O4S. The first-order chi connectivity index (χ1) is 19.3. The number of aryl methyl sites for hydroxylation is 1. The topological polar surface area (TPSA) is 69.9 Å². The lowest BCUT2D eigenvalue weighted by molar-refractivity contribution is -0.138. The molecule has 0 spiro atoms. The van der Waals surface area contributed by atoms with Crippen LogP contribution in [0.25, 0.3) is 11.8 Å². The van der Waals surface area contributed by atoms with Crippen LogP contribution in [0.15, 0.2) is 88.2 Å². The van der Waals surface area contributed by atoms with E-state index in [1.54, 1.807) is 18.6 Å². The highest BCUT2D eigenvalue weighted by atomic mass is 32.1. The summed E-state index contributed by atoms with van der Waals surface area (Å²) >= 11 is 1.32. The third-order valence-electron chi connectivity index (χ3n) is 7.02. The van der Waals surface area contributed by atoms with E-state index in [0.717, 1.165) is 33.6 Å². The van der Waals surface area contributed by atoms with Gasteiger partial charge in [0.05, 0.1) is 35.6 Å². The number of rotatable bonds is 7. The Labute approximate surface area is 237 Å². The van der Waals surface area contributed by atoms with Crippen LogP contribution < -0.4 is 19.6 Å². The van der Waals surface area contributed by atoms with Gasteiger partial charge in [-0.3, -0.25) is 9.36 Å². The number of carbonyl (C=O) groups excluding carboxylic acids is 1. The van der Waals surface area contributed by atoms with Crippen molar-refractivity contribution < 1.29 is 14.3 Å². The summed E-state index contributed by atoms with van der Waals surface area (Å²) in [6, 6.07) is 22.6. The zero-order valence-corrected chi connectivity index (χ0v) is 24.1. The summed E-state index contributed by atoms with van der Waals surface area (Å²) < 4.78 is 13.3. The fourth-order valence-corrected chi connectivity index (χ4v) is 6.02. The van der Waals surface area contributed by atoms with Gasteiger partial charge in [-0.05, 0) is 60.2 Å². The zero-order valence-electron chi connectivity index (χ0n) is 23.3. The summed E-state index contributed by atoms with van der Waals surface area (Å²) in [5, 5.41) is 0. The molecule has 0 N–H and O–H groups in total. The number of nitrogens with zero attached hydrogens (tertiary/aromatic N) is 2. The molecule has 0 saturated heterocycles. The summed E-state index contributed by atoms with van der Waals surface area (Å²) in [5.41, 5.74) is 5.28. The molecule has 0 amide bonds. The van der Waals surface area contributed by atoms with E-state index in [1.165, 1.54) is 11.3 Å². The normalized spacial score (nSPS) is 15.2. The SMILES string of the molecule is CCOC(=O)C1=C(c2ccccc2)N=c2s/c(=C/c3cc(C(C)C)c(OC)cc3C)c(=O)n2[C@H]1c1ccccc1. The molecule has 0 fully saturated rings. The van der Waals surface area contributed by atoms with E-state index >= 15 is 0 Å². The fraction of sp³-hybridized carbons (Fsp3) is 0.242. The highest BCUT2D eigenvalue weighted by Crippen LogP contribution is 2.35. The van der Waals surface area contributed by atoms with Gasteiger partial charge in [0.2, 0.25) is 0 Å². The fourth-order valence-electron chi connectivity index (χ4n) is 5.03. The van der Waals surface area contributed by atoms with Gasteiger partial charge in [-0.15, -0.1) is 0 Å². The second-order valence-corrected chi connectivity index (χ2v) is 11.0. The van der Waals surface area contributed by atoms with Crippen LogP contribution in [0, 0.1) is 6.92 Å². The van der Waals surface area contributed by atoms with Crippen molar-refractivity contribution >= 4 is 29.1 Å². The van der Waals surface area contributed by atoms with Crippen LogP contribution in [-0.2, 0) is 9.53 Å². The number of hydrogen-bond acceptors (Lipinski definition) is 6. The van der Waals surface area contributed by atoms with Crippen molar-refractivity contribution in [3.8, 4) is 5.75 Å². The summed E-state index contributed by atoms with van der Waals surface area (Å²) in [7, 11) is 1.67. The first-order valence-corrected chi connectivity index (χ1v) is 14.2. The zero-order chi connectivity index (χ0) is 28.4. The number of methoxy groups -OCH3 is 1. The van der Waals surface area contributed by atoms with Crippen molar-refractivity contribution in [1.82, 2.24) is 4.57 Å². The molecule has 0 bridgehead atoms. The molecule has 1 atom stereocenters. The molecule has 5 rings (SSSR count). The largest absolute Gasteiger partial charge is 0.496 e. The molecule has 0 unspecified atom stereocenters. The molecule has 0 saturated carbocycles. The van der Waals surface area contributed by atoms with E-state index in [0.29, 0.717) is 20.6 Å². The van der Waals surface area contributed by atoms with E-state index in [2.05, 4.69) is 19.9 Å². The second-order valence-electron chi connectivity index (χ2n) is 9.95. The minimum absolute atomic E-state index is 0.201. The quantitative estimate of drug-likeness (QED) is 0.289. The number of fused-ring (bicyclic) bond motifs is 1. The van der Waals surface area contributed by atoms with Crippen molar-refractivity contribution in [2.45, 2.75) is 39.7 Å². The smallest absolute Gasteiger partial charge is 0.338 e. The summed E-state index contributed by atoms with van der Waals surface area (Å²) in [6.45, 7) is 8.23. The van der Waals surface area contributed by atoms with Crippen molar-refractivity contribution in [2.24, 2.45) is 4.99 Å². The monoisotopic (exact) mass is 552 g/mol. The average molecular weight is 553 g/mol. The first kappa shape index (κ1) is 27.3. The maximum Gasteiger partial charge on any atom is 0.338 e. The standard InChI is InChI=1S/C33H32N2O4S/c1-6-39-32(37)28-29(22-13-9-7-10-14-22)34-33-35(30(28)23-15-11-8-12-16-23)31(36)27(40-33)19-24-18-25(20(2)3)26(38-5)17-21(24)4/h7-20,30H,6H2,1-5H3/b27-19+/t30-/m0/s1. The molecule has 3 aromatic carbocycles. The van der Waals surface area contributed by atoms with Crippen LogP contribution in [-0.4, -0.2) is 24.3 Å². The number of ether oxygens (including phenoxy) is 2. The molecule has 6 nitrogen and oxygen atoms in total. The number of thiazole rings is 1. The lowest BCUT2D eigenvalue weighted by Gasteiger charge is -2.25. The Bertz CT molecular complexity index is 1770. The molecule has 2 heterocycles. The third-order valence-corrected chi connectivity index (χ3v) is 8.00. The van der Waals surface area contributed by atoms with Crippen LogP contribution in [0.4, 0.5) is 0 Å². The van der Waals surface area contributed by atoms with Gasteiger partial charge >= 0.3 is 5.97 Å². The maximum absolute atomic E-state index is 14.1. The minimum Gasteiger partial charge on any atom is -0.496 e. The molecule has 7 heteroatoms. The second kappa shape index (κ2) is 11.5. The Hall–Kier alpha value is -4.23. The van der Waals surface area contributed by atoms with E-state index in [4.69, 9.17) is 14.5 Å². The number of benzene rings is 3. The molecule has 1 aromatic heterocycles. The summed E-state index contributed by atoms with van der Waals surface area (Å²) in [6.07, 6.45) is 1.92. The van der Waals surface area contributed by atoms with Crippen molar-refractivity contribution in [3.63, 3.8) is 0 Å². The number of hydrogen-bond donors (Lipinski definition) is 0. The van der Waals surface area contributed by atoms with Gasteiger partial charge in [-0.25, -0.2) is 9.79 Å². The number of aromatic nitrogens is 1. The van der Waals surface area contributed by atoms with Gasteiger partial charge in [-0.1, -0.05) is 85.8 Å². The highest BCUT2D eigenvalue weighted by Gasteiger charge is 2.35. The van der Waals surface area contributed by atoms with Crippen molar-refractivity contribution in [1.29, 1.82) is 0 Å². The highest BCUT2D eigenvalue weighted by molar-refractivity contribution is 7.07. The summed E-state index contributed by atoms with van der Waals surface area (Å²) in [4.78, 5) is 33.1. The molecule has 40 heavy (non-hydrogen) atoms. The van der Waals surface area contributed by atoms with Gasteiger partial charge in [0.15, 0.2) is 4.80 Å². The van der Waals surface area contributed by atoms with Gasteiger partial charge in [0, 0.05) is 5.56 Å². The lowest BCUT2D eigenvalue weighted by Crippen LogP contribution is -2.40. The van der Waals surface area contributed by atoms with Crippen molar-refractivity contribution in [3.05, 3.63) is 126 Å². The molecule has 204 valence electrons. The average Bonchev–Trinajstić information content (AvgIpc) is 3.28. The van der Waals surface area contributed by atoms with Crippen LogP contribution in [0.1, 0.15) is 60.5 Å². The maximum atomic E-state index is 14.1. The van der Waals surface area contributed by atoms with E-state index in [-0.39, 0.29) is 18.1 Å². The van der Waals surface area contributed by atoms with Crippen LogP contribution in [0.5, 0.6) is 5.75 Å². The molecule has 0 aliphatic carbocycles. The van der Waals surface area contributed by atoms with E-state index < -0.39 is 12.0 Å². The Morgan fingerprint density at radius 2 is 1.75 bits per heavy atom. The Morgan fingerprint density at radius 3 is 2.38 bits per heavy atom. The number of carbonyl (C=O) groups is 1. The number of esters is 1. The van der Waals surface area contributed by atoms with Gasteiger partial charge in [0.1, 0.15) is 5.75 Å². The predicted octanol–water partition coefficient (Wildman–Crippen LogP) is 5.38. The van der Waals surface area contributed by atoms with Crippen molar-refractivity contribution in [2.75, 3.05) is 13.7 Å².